The summed E-state index contributed by atoms with van der Waals surface area (Å²) in [6, 6.07) is 55.6. The van der Waals surface area contributed by atoms with Crippen molar-refractivity contribution in [1.82, 2.24) is 15.0 Å². The maximum absolute atomic E-state index is 6.77. The number of rotatable bonds is 6. The molecule has 0 saturated heterocycles. The summed E-state index contributed by atoms with van der Waals surface area (Å²) >= 11 is 1.78. The Hall–Kier alpha value is -6.89. The minimum absolute atomic E-state index is 0.600. The normalized spacial score (nSPS) is 11.6. The molecular weight excluding hydrogens is 757 g/mol. The maximum Gasteiger partial charge on any atom is 0.165 e. The standard InChI is InChI=1S/C51H36B5N3OS/c52-42-41(43(53)45(55)46(56)44(42)54)30-22-18-28(19-23-30)27-16-20-29(21-17-27)33-11-6-12-36-34-25-24-32(26-39(34)60-47(33)36)50-57-49(31-8-2-1-3-9-31)58-51(59-50)38-14-7-13-37-35-10-4-5-15-40(35)61-48(37)38/h1-26H,52-56H2. The van der Waals surface area contributed by atoms with Crippen LogP contribution in [-0.4, -0.2) is 54.2 Å². The lowest BCUT2D eigenvalue weighted by Crippen LogP contribution is -2.55. The van der Waals surface area contributed by atoms with E-state index in [1.807, 2.05) is 30.3 Å². The van der Waals surface area contributed by atoms with Crippen molar-refractivity contribution in [3.8, 4) is 67.5 Å². The second-order valence-corrected chi connectivity index (χ2v) is 17.2. The minimum Gasteiger partial charge on any atom is -0.455 e. The highest BCUT2D eigenvalue weighted by atomic mass is 32.1. The van der Waals surface area contributed by atoms with Crippen LogP contribution < -0.4 is 27.3 Å². The van der Waals surface area contributed by atoms with Crippen molar-refractivity contribution in [2.45, 2.75) is 0 Å². The molecule has 0 saturated carbocycles. The van der Waals surface area contributed by atoms with E-state index in [9.17, 15) is 0 Å². The first kappa shape index (κ1) is 37.1. The van der Waals surface area contributed by atoms with Crippen molar-refractivity contribution in [2.24, 2.45) is 0 Å². The molecule has 3 heterocycles. The summed E-state index contributed by atoms with van der Waals surface area (Å²) in [6.07, 6.45) is 0. The molecule has 0 amide bonds. The lowest BCUT2D eigenvalue weighted by Gasteiger charge is -2.20. The second kappa shape index (κ2) is 14.7. The second-order valence-electron chi connectivity index (χ2n) is 16.1. The highest BCUT2D eigenvalue weighted by Gasteiger charge is 2.19. The minimum atomic E-state index is 0.600. The SMILES string of the molecule is Bc1c(B)c(B)c(-c2ccc(-c3ccc(-c4cccc5c4oc4cc(-c6nc(-c7ccccc7)nc(-c7cccc8c7sc7ccccc78)n6)ccc45)cc3)cc2)c(B)c1B. The van der Waals surface area contributed by atoms with Gasteiger partial charge in [0.1, 0.15) is 50.4 Å². The fourth-order valence-corrected chi connectivity index (χ4v) is 10.2. The van der Waals surface area contributed by atoms with Crippen LogP contribution in [0.3, 0.4) is 0 Å². The van der Waals surface area contributed by atoms with E-state index in [1.54, 1.807) is 11.3 Å². The van der Waals surface area contributed by atoms with Gasteiger partial charge >= 0.3 is 0 Å². The first-order valence-electron chi connectivity index (χ1n) is 20.8. The summed E-state index contributed by atoms with van der Waals surface area (Å²) < 4.78 is 9.17. The molecule has 0 fully saturated rings. The van der Waals surface area contributed by atoms with Crippen molar-refractivity contribution < 1.29 is 4.42 Å². The number of nitrogens with zero attached hydrogens (tertiary/aromatic N) is 3. The molecule has 11 rings (SSSR count). The van der Waals surface area contributed by atoms with Crippen LogP contribution in [0.5, 0.6) is 0 Å². The number of benzene rings is 8. The Bertz CT molecular complexity index is 3500. The Morgan fingerprint density at radius 2 is 0.918 bits per heavy atom. The van der Waals surface area contributed by atoms with Gasteiger partial charge in [-0.2, -0.15) is 0 Å². The van der Waals surface area contributed by atoms with Crippen molar-refractivity contribution in [1.29, 1.82) is 0 Å². The molecule has 0 aliphatic heterocycles. The summed E-state index contributed by atoms with van der Waals surface area (Å²) in [4.78, 5) is 15.3. The molecule has 282 valence electrons. The zero-order valence-corrected chi connectivity index (χ0v) is 35.5. The number of thiophene rings is 1. The Balaban J connectivity index is 0.955. The van der Waals surface area contributed by atoms with Gasteiger partial charge in [0.2, 0.25) is 0 Å². The Labute approximate surface area is 362 Å². The molecule has 0 unspecified atom stereocenters. The van der Waals surface area contributed by atoms with Crippen molar-refractivity contribution in [3.05, 3.63) is 158 Å². The van der Waals surface area contributed by atoms with Crippen molar-refractivity contribution in [3.63, 3.8) is 0 Å². The van der Waals surface area contributed by atoms with Crippen LogP contribution in [0, 0.1) is 0 Å². The van der Waals surface area contributed by atoms with Gasteiger partial charge in [0.15, 0.2) is 17.5 Å². The molecule has 0 aliphatic rings. The average Bonchev–Trinajstić information content (AvgIpc) is 3.89. The van der Waals surface area contributed by atoms with Crippen LogP contribution in [0.2, 0.25) is 0 Å². The summed E-state index contributed by atoms with van der Waals surface area (Å²) in [5.74, 6) is 1.88. The predicted molar refractivity (Wildman–Crippen MR) is 273 cm³/mol. The van der Waals surface area contributed by atoms with Gasteiger partial charge in [-0.15, -0.1) is 27.7 Å². The van der Waals surface area contributed by atoms with Crippen LogP contribution in [-0.2, 0) is 0 Å². The Morgan fingerprint density at radius 1 is 0.377 bits per heavy atom. The first-order chi connectivity index (χ1) is 29.8. The quantitative estimate of drug-likeness (QED) is 0.211. The van der Waals surface area contributed by atoms with Crippen LogP contribution in [0.4, 0.5) is 0 Å². The van der Waals surface area contributed by atoms with Crippen LogP contribution in [0.1, 0.15) is 0 Å². The number of hydrogen-bond acceptors (Lipinski definition) is 5. The van der Waals surface area contributed by atoms with Crippen LogP contribution in [0.15, 0.2) is 162 Å². The molecule has 4 nitrogen and oxygen atoms in total. The van der Waals surface area contributed by atoms with Gasteiger partial charge in [-0.3, -0.25) is 0 Å². The molecule has 11 aromatic rings. The molecule has 0 atom stereocenters. The average molecular weight is 793 g/mol. The zero-order chi connectivity index (χ0) is 41.4. The van der Waals surface area contributed by atoms with E-state index in [-0.39, 0.29) is 0 Å². The van der Waals surface area contributed by atoms with Gasteiger partial charge in [0.05, 0.1) is 0 Å². The number of para-hydroxylation sites is 1. The predicted octanol–water partition coefficient (Wildman–Crippen LogP) is 5.43. The number of furan rings is 1. The van der Waals surface area contributed by atoms with E-state index >= 15 is 0 Å². The van der Waals surface area contributed by atoms with Crippen LogP contribution >= 0.6 is 11.3 Å². The molecule has 10 heteroatoms. The van der Waals surface area contributed by atoms with E-state index in [2.05, 4.69) is 167 Å². The van der Waals surface area contributed by atoms with Gasteiger partial charge in [-0.05, 0) is 52.1 Å². The fraction of sp³-hybridized carbons (Fsp3) is 0. The lowest BCUT2D eigenvalue weighted by atomic mass is 9.59. The molecule has 0 bridgehead atoms. The third-order valence-electron chi connectivity index (χ3n) is 12.8. The molecule has 8 aromatic carbocycles. The van der Waals surface area contributed by atoms with Gasteiger partial charge in [-0.1, -0.05) is 144 Å². The topological polar surface area (TPSA) is 51.8 Å². The summed E-state index contributed by atoms with van der Waals surface area (Å²) in [7, 11) is 11.2. The zero-order valence-electron chi connectivity index (χ0n) is 34.7. The monoisotopic (exact) mass is 793 g/mol. The van der Waals surface area contributed by atoms with E-state index in [0.717, 1.165) is 49.8 Å². The van der Waals surface area contributed by atoms with Gasteiger partial charge in [0.25, 0.3) is 0 Å². The largest absolute Gasteiger partial charge is 0.455 e. The number of fused-ring (bicyclic) bond motifs is 6. The number of aromatic nitrogens is 3. The third kappa shape index (κ3) is 6.24. The van der Waals surface area contributed by atoms with E-state index in [0.29, 0.717) is 17.5 Å². The first-order valence-corrected chi connectivity index (χ1v) is 21.6. The smallest absolute Gasteiger partial charge is 0.165 e. The molecule has 0 spiro atoms. The van der Waals surface area contributed by atoms with E-state index < -0.39 is 0 Å². The molecule has 3 aromatic heterocycles. The van der Waals surface area contributed by atoms with Crippen LogP contribution in [0.25, 0.3) is 110 Å². The molecule has 61 heavy (non-hydrogen) atoms. The summed E-state index contributed by atoms with van der Waals surface area (Å²) in [6.45, 7) is 0. The Morgan fingerprint density at radius 3 is 1.64 bits per heavy atom. The van der Waals surface area contributed by atoms with Gasteiger partial charge in [-0.25, -0.2) is 15.0 Å². The van der Waals surface area contributed by atoms with E-state index in [1.165, 1.54) is 69.7 Å². The molecule has 0 radical (unpaired) electrons. The van der Waals surface area contributed by atoms with Gasteiger partial charge in [0, 0.05) is 53.2 Å². The fourth-order valence-electron chi connectivity index (χ4n) is 9.03. The van der Waals surface area contributed by atoms with Crippen molar-refractivity contribution in [2.75, 3.05) is 0 Å². The maximum atomic E-state index is 6.77. The number of hydrogen-bond donors (Lipinski definition) is 0. The van der Waals surface area contributed by atoms with E-state index in [4.69, 9.17) is 19.4 Å². The highest BCUT2D eigenvalue weighted by molar-refractivity contribution is 7.26. The third-order valence-corrected chi connectivity index (χ3v) is 14.0. The lowest BCUT2D eigenvalue weighted by molar-refractivity contribution is 0.670. The van der Waals surface area contributed by atoms with Gasteiger partial charge < -0.3 is 4.42 Å². The molecular formula is C51H36B5N3OS. The molecule has 0 N–H and O–H groups in total. The van der Waals surface area contributed by atoms with Crippen molar-refractivity contribution >= 4 is 120 Å². The summed E-state index contributed by atoms with van der Waals surface area (Å²) in [5, 5.41) is 4.57. The summed E-state index contributed by atoms with van der Waals surface area (Å²) in [5.41, 5.74) is 18.5. The molecule has 0 aliphatic carbocycles. The Kier molecular flexibility index (Phi) is 8.94. The highest BCUT2D eigenvalue weighted by Crippen LogP contribution is 2.41.